The van der Waals surface area contributed by atoms with E-state index >= 15 is 0 Å². The topological polar surface area (TPSA) is 35.2 Å². The van der Waals surface area contributed by atoms with E-state index in [-0.39, 0.29) is 0 Å². The number of hydrogen-bond acceptors (Lipinski definition) is 2. The third-order valence-electron chi connectivity index (χ3n) is 3.69. The summed E-state index contributed by atoms with van der Waals surface area (Å²) in [6, 6.07) is 14.0. The SMILES string of the molecule is NC(=S)c1ccc(Oc2ccc3c(c2)CCCC3)cc1. The predicted molar refractivity (Wildman–Crippen MR) is 85.5 cm³/mol. The quantitative estimate of drug-likeness (QED) is 0.865. The van der Waals surface area contributed by atoms with E-state index in [2.05, 4.69) is 12.1 Å². The molecule has 102 valence electrons. The van der Waals surface area contributed by atoms with Crippen LogP contribution in [0.1, 0.15) is 29.5 Å². The highest BCUT2D eigenvalue weighted by atomic mass is 32.1. The molecule has 3 rings (SSSR count). The molecule has 1 aliphatic rings. The Kier molecular flexibility index (Phi) is 3.70. The van der Waals surface area contributed by atoms with Gasteiger partial charge >= 0.3 is 0 Å². The van der Waals surface area contributed by atoms with Crippen molar-refractivity contribution in [3.63, 3.8) is 0 Å². The summed E-state index contributed by atoms with van der Waals surface area (Å²) in [5.41, 5.74) is 9.33. The van der Waals surface area contributed by atoms with E-state index in [0.29, 0.717) is 4.99 Å². The van der Waals surface area contributed by atoms with Gasteiger partial charge in [0.2, 0.25) is 0 Å². The van der Waals surface area contributed by atoms with Crippen LogP contribution in [0, 0.1) is 0 Å². The van der Waals surface area contributed by atoms with Crippen LogP contribution in [0.4, 0.5) is 0 Å². The molecule has 0 radical (unpaired) electrons. The van der Waals surface area contributed by atoms with Crippen LogP contribution in [-0.4, -0.2) is 4.99 Å². The number of benzene rings is 2. The maximum absolute atomic E-state index is 5.90. The minimum atomic E-state index is 0.408. The fourth-order valence-electron chi connectivity index (χ4n) is 2.60. The van der Waals surface area contributed by atoms with Gasteiger partial charge in [-0.1, -0.05) is 18.3 Å². The minimum Gasteiger partial charge on any atom is -0.457 e. The molecule has 2 aromatic carbocycles. The highest BCUT2D eigenvalue weighted by molar-refractivity contribution is 7.80. The predicted octanol–water partition coefficient (Wildman–Crippen LogP) is 3.99. The lowest BCUT2D eigenvalue weighted by molar-refractivity contribution is 0.480. The van der Waals surface area contributed by atoms with Crippen molar-refractivity contribution in [2.75, 3.05) is 0 Å². The molecular weight excluding hydrogens is 266 g/mol. The highest BCUT2D eigenvalue weighted by Gasteiger charge is 2.10. The molecule has 0 aliphatic heterocycles. The lowest BCUT2D eigenvalue weighted by Gasteiger charge is -2.16. The van der Waals surface area contributed by atoms with E-state index in [0.717, 1.165) is 23.5 Å². The van der Waals surface area contributed by atoms with Crippen LogP contribution < -0.4 is 10.5 Å². The van der Waals surface area contributed by atoms with E-state index in [9.17, 15) is 0 Å². The summed E-state index contributed by atoms with van der Waals surface area (Å²) in [7, 11) is 0. The Hall–Kier alpha value is -1.87. The van der Waals surface area contributed by atoms with Crippen LogP contribution >= 0.6 is 12.2 Å². The number of hydrogen-bond donors (Lipinski definition) is 1. The van der Waals surface area contributed by atoms with Gasteiger partial charge in [0.1, 0.15) is 16.5 Å². The summed E-state index contributed by atoms with van der Waals surface area (Å²) in [4.78, 5) is 0.408. The number of fused-ring (bicyclic) bond motifs is 1. The van der Waals surface area contributed by atoms with Crippen LogP contribution in [0.2, 0.25) is 0 Å². The third kappa shape index (κ3) is 2.83. The molecule has 0 amide bonds. The van der Waals surface area contributed by atoms with Crippen molar-refractivity contribution in [2.45, 2.75) is 25.7 Å². The maximum Gasteiger partial charge on any atom is 0.127 e. The second-order valence-corrected chi connectivity index (χ2v) is 5.57. The number of thiocarbonyl (C=S) groups is 1. The standard InChI is InChI=1S/C17H17NOS/c18-17(20)13-6-8-15(9-7-13)19-16-10-5-12-3-1-2-4-14(12)11-16/h5-11H,1-4H2,(H2,18,20). The van der Waals surface area contributed by atoms with Gasteiger partial charge in [-0.15, -0.1) is 0 Å². The lowest BCUT2D eigenvalue weighted by atomic mass is 9.92. The Morgan fingerprint density at radius 1 is 0.900 bits per heavy atom. The summed E-state index contributed by atoms with van der Waals surface area (Å²) >= 11 is 4.94. The minimum absolute atomic E-state index is 0.408. The fraction of sp³-hybridized carbons (Fsp3) is 0.235. The van der Waals surface area contributed by atoms with Gasteiger partial charge in [0.15, 0.2) is 0 Å². The monoisotopic (exact) mass is 283 g/mol. The largest absolute Gasteiger partial charge is 0.457 e. The smallest absolute Gasteiger partial charge is 0.127 e. The van der Waals surface area contributed by atoms with Crippen molar-refractivity contribution in [3.05, 3.63) is 59.2 Å². The van der Waals surface area contributed by atoms with E-state index in [1.807, 2.05) is 30.3 Å². The molecule has 0 heterocycles. The number of rotatable bonds is 3. The first kappa shape index (κ1) is 13.1. The van der Waals surface area contributed by atoms with Crippen molar-refractivity contribution in [2.24, 2.45) is 5.73 Å². The van der Waals surface area contributed by atoms with Crippen LogP contribution in [-0.2, 0) is 12.8 Å². The Bertz CT molecular complexity index is 634. The van der Waals surface area contributed by atoms with Gasteiger partial charge in [-0.3, -0.25) is 0 Å². The Balaban J connectivity index is 1.78. The Morgan fingerprint density at radius 3 is 2.25 bits per heavy atom. The van der Waals surface area contributed by atoms with Crippen molar-refractivity contribution < 1.29 is 4.74 Å². The first-order valence-corrected chi connectivity index (χ1v) is 7.33. The molecule has 2 nitrogen and oxygen atoms in total. The van der Waals surface area contributed by atoms with Crippen LogP contribution in [0.15, 0.2) is 42.5 Å². The third-order valence-corrected chi connectivity index (χ3v) is 3.93. The van der Waals surface area contributed by atoms with E-state index in [1.165, 1.54) is 30.4 Å². The Labute approximate surface area is 124 Å². The molecule has 0 bridgehead atoms. The second kappa shape index (κ2) is 5.63. The first-order chi connectivity index (χ1) is 9.72. The van der Waals surface area contributed by atoms with Gasteiger partial charge in [0.05, 0.1) is 0 Å². The van der Waals surface area contributed by atoms with Gasteiger partial charge in [0.25, 0.3) is 0 Å². The average molecular weight is 283 g/mol. The van der Waals surface area contributed by atoms with Gasteiger partial charge in [-0.05, 0) is 73.2 Å². The molecule has 0 saturated heterocycles. The molecule has 0 unspecified atom stereocenters. The van der Waals surface area contributed by atoms with Crippen LogP contribution in [0.5, 0.6) is 11.5 Å². The fourth-order valence-corrected chi connectivity index (χ4v) is 2.73. The molecule has 20 heavy (non-hydrogen) atoms. The lowest BCUT2D eigenvalue weighted by Crippen LogP contribution is -2.08. The van der Waals surface area contributed by atoms with E-state index in [4.69, 9.17) is 22.7 Å². The van der Waals surface area contributed by atoms with Gasteiger partial charge in [0, 0.05) is 5.56 Å². The van der Waals surface area contributed by atoms with Crippen molar-refractivity contribution >= 4 is 17.2 Å². The summed E-state index contributed by atoms with van der Waals surface area (Å²) in [5, 5.41) is 0. The zero-order valence-corrected chi connectivity index (χ0v) is 12.1. The van der Waals surface area contributed by atoms with Gasteiger partial charge in [-0.2, -0.15) is 0 Å². The highest BCUT2D eigenvalue weighted by Crippen LogP contribution is 2.28. The van der Waals surface area contributed by atoms with Crippen molar-refractivity contribution in [3.8, 4) is 11.5 Å². The van der Waals surface area contributed by atoms with Crippen LogP contribution in [0.3, 0.4) is 0 Å². The van der Waals surface area contributed by atoms with E-state index in [1.54, 1.807) is 0 Å². The molecule has 0 saturated carbocycles. The van der Waals surface area contributed by atoms with Gasteiger partial charge < -0.3 is 10.5 Å². The van der Waals surface area contributed by atoms with E-state index < -0.39 is 0 Å². The molecule has 2 N–H and O–H groups in total. The van der Waals surface area contributed by atoms with Crippen LogP contribution in [0.25, 0.3) is 0 Å². The molecule has 0 aromatic heterocycles. The number of ether oxygens (including phenoxy) is 1. The molecule has 1 aliphatic carbocycles. The average Bonchev–Trinajstić information content (AvgIpc) is 2.48. The zero-order chi connectivity index (χ0) is 13.9. The first-order valence-electron chi connectivity index (χ1n) is 6.92. The summed E-state index contributed by atoms with van der Waals surface area (Å²) in [6.07, 6.45) is 4.93. The molecule has 3 heteroatoms. The molecule has 0 atom stereocenters. The summed E-state index contributed by atoms with van der Waals surface area (Å²) in [5.74, 6) is 1.70. The summed E-state index contributed by atoms with van der Waals surface area (Å²) < 4.78 is 5.90. The van der Waals surface area contributed by atoms with Gasteiger partial charge in [-0.25, -0.2) is 0 Å². The van der Waals surface area contributed by atoms with Crippen molar-refractivity contribution in [1.82, 2.24) is 0 Å². The molecule has 0 spiro atoms. The molecular formula is C17H17NOS. The molecule has 0 fully saturated rings. The zero-order valence-electron chi connectivity index (χ0n) is 11.3. The number of aryl methyl sites for hydroxylation is 2. The number of nitrogens with two attached hydrogens (primary N) is 1. The van der Waals surface area contributed by atoms with Crippen molar-refractivity contribution in [1.29, 1.82) is 0 Å². The Morgan fingerprint density at radius 2 is 1.55 bits per heavy atom. The second-order valence-electron chi connectivity index (χ2n) is 5.13. The normalized spacial score (nSPS) is 13.6. The summed E-state index contributed by atoms with van der Waals surface area (Å²) in [6.45, 7) is 0. The molecule has 2 aromatic rings. The maximum atomic E-state index is 5.90.